The Hall–Kier alpha value is -1.28. The van der Waals surface area contributed by atoms with Crippen LogP contribution >= 0.6 is 0 Å². The number of alkyl halides is 3. The second-order valence-corrected chi connectivity index (χ2v) is 7.00. The molecule has 21 heavy (non-hydrogen) atoms. The van der Waals surface area contributed by atoms with E-state index in [2.05, 4.69) is 9.46 Å². The highest BCUT2D eigenvalue weighted by Gasteiger charge is 2.32. The van der Waals surface area contributed by atoms with Gasteiger partial charge in [-0.1, -0.05) is 13.0 Å². The van der Waals surface area contributed by atoms with Crippen molar-refractivity contribution < 1.29 is 26.3 Å². The highest BCUT2D eigenvalue weighted by Crippen LogP contribution is 2.29. The maximum Gasteiger partial charge on any atom is 0.573 e. The first-order chi connectivity index (χ1) is 9.36. The van der Waals surface area contributed by atoms with Gasteiger partial charge in [0.05, 0.1) is 4.90 Å². The predicted molar refractivity (Wildman–Crippen MR) is 72.6 cm³/mol. The van der Waals surface area contributed by atoms with Crippen molar-refractivity contribution in [3.63, 3.8) is 0 Å². The van der Waals surface area contributed by atoms with Crippen molar-refractivity contribution in [2.75, 3.05) is 0 Å². The third kappa shape index (κ3) is 5.20. The minimum atomic E-state index is -4.87. The molecule has 0 aliphatic heterocycles. The number of benzene rings is 1. The fourth-order valence-electron chi connectivity index (χ4n) is 1.48. The van der Waals surface area contributed by atoms with Crippen LogP contribution in [0.2, 0.25) is 0 Å². The molecule has 1 aromatic carbocycles. The van der Waals surface area contributed by atoms with Gasteiger partial charge in [-0.15, -0.1) is 13.2 Å². The lowest BCUT2D eigenvalue weighted by Gasteiger charge is -2.24. The van der Waals surface area contributed by atoms with Gasteiger partial charge in [0.15, 0.2) is 0 Å². The summed E-state index contributed by atoms with van der Waals surface area (Å²) >= 11 is 0. The Morgan fingerprint density at radius 2 is 1.81 bits per heavy atom. The van der Waals surface area contributed by atoms with Crippen molar-refractivity contribution in [2.45, 2.75) is 50.9 Å². The van der Waals surface area contributed by atoms with Crippen LogP contribution in [0.5, 0.6) is 5.75 Å². The van der Waals surface area contributed by atoms with Crippen molar-refractivity contribution in [3.8, 4) is 5.75 Å². The molecule has 120 valence electrons. The number of sulfonamides is 1. The summed E-state index contributed by atoms with van der Waals surface area (Å²) in [6, 6.07) is 3.39. The second kappa shape index (κ2) is 5.84. The quantitative estimate of drug-likeness (QED) is 0.903. The van der Waals surface area contributed by atoms with Crippen molar-refractivity contribution in [2.24, 2.45) is 0 Å². The zero-order valence-electron chi connectivity index (χ0n) is 12.2. The molecule has 0 fully saturated rings. The van der Waals surface area contributed by atoms with Gasteiger partial charge in [-0.25, -0.2) is 13.1 Å². The lowest BCUT2D eigenvalue weighted by molar-refractivity contribution is -0.274. The minimum absolute atomic E-state index is 0.195. The van der Waals surface area contributed by atoms with Crippen LogP contribution in [0.3, 0.4) is 0 Å². The summed E-state index contributed by atoms with van der Waals surface area (Å²) in [5, 5.41) is 0. The van der Waals surface area contributed by atoms with Crippen molar-refractivity contribution in [3.05, 3.63) is 23.8 Å². The Kier molecular flexibility index (Phi) is 4.94. The van der Waals surface area contributed by atoms with Crippen LogP contribution in [-0.4, -0.2) is 20.3 Å². The van der Waals surface area contributed by atoms with Crippen LogP contribution in [0, 0.1) is 6.92 Å². The third-order valence-corrected chi connectivity index (χ3v) is 4.69. The minimum Gasteiger partial charge on any atom is -0.405 e. The molecule has 0 saturated carbocycles. The number of hydrogen-bond donors (Lipinski definition) is 1. The van der Waals surface area contributed by atoms with Gasteiger partial charge >= 0.3 is 6.36 Å². The second-order valence-electron chi connectivity index (χ2n) is 5.32. The van der Waals surface area contributed by atoms with Crippen molar-refractivity contribution in [1.29, 1.82) is 0 Å². The molecule has 0 aromatic heterocycles. The summed E-state index contributed by atoms with van der Waals surface area (Å²) in [5.41, 5.74) is -0.504. The van der Waals surface area contributed by atoms with Gasteiger partial charge in [-0.05, 0) is 38.8 Å². The van der Waals surface area contributed by atoms with E-state index in [1.54, 1.807) is 20.8 Å². The van der Waals surface area contributed by atoms with Crippen LogP contribution in [0.1, 0.15) is 32.8 Å². The molecule has 1 aromatic rings. The first-order valence-corrected chi connectivity index (χ1v) is 7.75. The lowest BCUT2D eigenvalue weighted by Crippen LogP contribution is -2.42. The van der Waals surface area contributed by atoms with Crippen LogP contribution in [0.25, 0.3) is 0 Å². The molecule has 1 rings (SSSR count). The maximum atomic E-state index is 12.3. The number of ether oxygens (including phenoxy) is 1. The first-order valence-electron chi connectivity index (χ1n) is 6.27. The monoisotopic (exact) mass is 325 g/mol. The number of halogens is 3. The molecule has 0 spiro atoms. The molecule has 0 amide bonds. The van der Waals surface area contributed by atoms with E-state index in [0.717, 1.165) is 6.07 Å². The number of rotatable bonds is 5. The van der Waals surface area contributed by atoms with Gasteiger partial charge in [-0.2, -0.15) is 0 Å². The van der Waals surface area contributed by atoms with Crippen LogP contribution in [-0.2, 0) is 10.0 Å². The average Bonchev–Trinajstić information content (AvgIpc) is 2.29. The molecule has 0 radical (unpaired) electrons. The Morgan fingerprint density at radius 1 is 1.24 bits per heavy atom. The Balaban J connectivity index is 3.17. The Labute approximate surface area is 122 Å². The Morgan fingerprint density at radius 3 is 2.29 bits per heavy atom. The molecule has 0 aliphatic rings. The third-order valence-electron chi connectivity index (χ3n) is 2.99. The van der Waals surface area contributed by atoms with E-state index >= 15 is 0 Å². The standard InChI is InChI=1S/C13H18F3NO3S/c1-5-12(3,4)17-21(18,19)10-7-6-9(2)11(8-10)20-13(14,15)16/h6-8,17H,5H2,1-4H3. The highest BCUT2D eigenvalue weighted by atomic mass is 32.2. The fraction of sp³-hybridized carbons (Fsp3) is 0.538. The molecule has 0 saturated heterocycles. The molecule has 1 N–H and O–H groups in total. The van der Waals surface area contributed by atoms with E-state index < -0.39 is 27.7 Å². The maximum absolute atomic E-state index is 12.3. The van der Waals surface area contributed by atoms with Crippen LogP contribution in [0.4, 0.5) is 13.2 Å². The van der Waals surface area contributed by atoms with Gasteiger partial charge in [0, 0.05) is 11.6 Å². The topological polar surface area (TPSA) is 55.4 Å². The summed E-state index contributed by atoms with van der Waals surface area (Å²) in [5.74, 6) is -0.528. The molecule has 0 unspecified atom stereocenters. The smallest absolute Gasteiger partial charge is 0.405 e. The van der Waals surface area contributed by atoms with Crippen LogP contribution < -0.4 is 9.46 Å². The zero-order valence-corrected chi connectivity index (χ0v) is 13.0. The van der Waals surface area contributed by atoms with Gasteiger partial charge in [-0.3, -0.25) is 0 Å². The van der Waals surface area contributed by atoms with Crippen molar-refractivity contribution in [1.82, 2.24) is 4.72 Å². The number of aryl methyl sites for hydroxylation is 1. The molecule has 8 heteroatoms. The number of hydrogen-bond acceptors (Lipinski definition) is 3. The van der Waals surface area contributed by atoms with Crippen LogP contribution in [0.15, 0.2) is 23.1 Å². The van der Waals surface area contributed by atoms with Gasteiger partial charge in [0.2, 0.25) is 10.0 Å². The summed E-state index contributed by atoms with van der Waals surface area (Å²) in [7, 11) is -3.92. The molecular weight excluding hydrogens is 307 g/mol. The molecule has 0 bridgehead atoms. The highest BCUT2D eigenvalue weighted by molar-refractivity contribution is 7.89. The zero-order chi connectivity index (χ0) is 16.5. The molecule has 0 atom stereocenters. The summed E-state index contributed by atoms with van der Waals surface area (Å²) < 4.78 is 67.5. The van der Waals surface area contributed by atoms with Gasteiger partial charge in [0.25, 0.3) is 0 Å². The largest absolute Gasteiger partial charge is 0.573 e. The van der Waals surface area contributed by atoms with E-state index in [1.165, 1.54) is 19.1 Å². The predicted octanol–water partition coefficient (Wildman–Crippen LogP) is 3.36. The van der Waals surface area contributed by atoms with E-state index in [-0.39, 0.29) is 10.5 Å². The summed E-state index contributed by atoms with van der Waals surface area (Å²) in [4.78, 5) is -0.270. The normalized spacial score (nSPS) is 13.3. The van der Waals surface area contributed by atoms with E-state index in [9.17, 15) is 21.6 Å². The molecule has 0 aliphatic carbocycles. The van der Waals surface area contributed by atoms with Crippen molar-refractivity contribution >= 4 is 10.0 Å². The van der Waals surface area contributed by atoms with E-state index in [1.807, 2.05) is 0 Å². The number of nitrogens with one attached hydrogen (secondary N) is 1. The molecule has 0 heterocycles. The van der Waals surface area contributed by atoms with E-state index in [4.69, 9.17) is 0 Å². The molecular formula is C13H18F3NO3S. The van der Waals surface area contributed by atoms with E-state index in [0.29, 0.717) is 6.42 Å². The fourth-order valence-corrected chi connectivity index (χ4v) is 2.98. The van der Waals surface area contributed by atoms with Gasteiger partial charge in [0.1, 0.15) is 5.75 Å². The summed E-state index contributed by atoms with van der Waals surface area (Å²) in [6.45, 7) is 6.58. The first kappa shape index (κ1) is 17.8. The average molecular weight is 325 g/mol. The Bertz CT molecular complexity index is 610. The summed E-state index contributed by atoms with van der Waals surface area (Å²) in [6.07, 6.45) is -4.34. The molecule has 4 nitrogen and oxygen atoms in total. The van der Waals surface area contributed by atoms with Gasteiger partial charge < -0.3 is 4.74 Å². The SMILES string of the molecule is CCC(C)(C)NS(=O)(=O)c1ccc(C)c(OC(F)(F)F)c1. The lowest BCUT2D eigenvalue weighted by atomic mass is 10.0.